The van der Waals surface area contributed by atoms with Gasteiger partial charge in [-0.15, -0.1) is 11.8 Å². The van der Waals surface area contributed by atoms with Gasteiger partial charge < -0.3 is 4.74 Å². The second kappa shape index (κ2) is 7.38. The summed E-state index contributed by atoms with van der Waals surface area (Å²) in [5, 5.41) is -0.0824. The van der Waals surface area contributed by atoms with Gasteiger partial charge >= 0.3 is 5.97 Å². The molecule has 0 saturated heterocycles. The van der Waals surface area contributed by atoms with Gasteiger partial charge in [0, 0.05) is 4.90 Å². The molecule has 0 aliphatic heterocycles. The first-order chi connectivity index (χ1) is 8.19. The van der Waals surface area contributed by atoms with Gasteiger partial charge in [0.2, 0.25) is 0 Å². The zero-order valence-corrected chi connectivity index (χ0v) is 11.5. The van der Waals surface area contributed by atoms with Gasteiger partial charge in [-0.05, 0) is 25.0 Å². The summed E-state index contributed by atoms with van der Waals surface area (Å²) >= 11 is 1.61. The van der Waals surface area contributed by atoms with Crippen LogP contribution < -0.4 is 0 Å². The summed E-state index contributed by atoms with van der Waals surface area (Å²) < 4.78 is 4.86. The molecule has 0 fully saturated rings. The number of esters is 1. The maximum absolute atomic E-state index is 11.7. The van der Waals surface area contributed by atoms with Crippen LogP contribution in [0.15, 0.2) is 29.2 Å². The van der Waals surface area contributed by atoms with Gasteiger partial charge in [-0.3, -0.25) is 4.79 Å². The lowest BCUT2D eigenvalue weighted by atomic mass is 10.2. The molecular formula is C14H20O2S. The van der Waals surface area contributed by atoms with E-state index >= 15 is 0 Å². The Morgan fingerprint density at radius 2 is 2.12 bits per heavy atom. The van der Waals surface area contributed by atoms with E-state index in [1.807, 2.05) is 12.1 Å². The predicted octanol–water partition coefficient (Wildman–Crippen LogP) is 3.82. The number of hydrogen-bond donors (Lipinski definition) is 0. The molecule has 0 aliphatic rings. The van der Waals surface area contributed by atoms with E-state index in [2.05, 4.69) is 26.0 Å². The number of thioether (sulfide) groups is 1. The molecule has 1 rings (SSSR count). The molecule has 17 heavy (non-hydrogen) atoms. The summed E-state index contributed by atoms with van der Waals surface area (Å²) in [6.07, 6.45) is 3.03. The first-order valence-corrected chi connectivity index (χ1v) is 6.87. The molecule has 0 bridgehead atoms. The molecule has 0 heterocycles. The van der Waals surface area contributed by atoms with Crippen molar-refractivity contribution >= 4 is 17.7 Å². The summed E-state index contributed by atoms with van der Waals surface area (Å²) in [5.74, 6) is -0.119. The molecule has 0 saturated carbocycles. The molecule has 0 aliphatic carbocycles. The second-order valence-corrected chi connectivity index (χ2v) is 5.28. The zero-order chi connectivity index (χ0) is 12.7. The molecule has 0 radical (unpaired) electrons. The van der Waals surface area contributed by atoms with Crippen LogP contribution in [-0.2, 0) is 9.53 Å². The maximum Gasteiger partial charge on any atom is 0.319 e. The third kappa shape index (κ3) is 4.43. The van der Waals surface area contributed by atoms with E-state index in [0.717, 1.165) is 19.3 Å². The molecule has 0 aromatic heterocycles. The van der Waals surface area contributed by atoms with E-state index in [1.54, 1.807) is 11.8 Å². The van der Waals surface area contributed by atoms with E-state index in [1.165, 1.54) is 17.6 Å². The van der Waals surface area contributed by atoms with Crippen LogP contribution in [0.3, 0.4) is 0 Å². The minimum absolute atomic E-state index is 0.0824. The maximum atomic E-state index is 11.7. The molecule has 0 amide bonds. The van der Waals surface area contributed by atoms with Crippen molar-refractivity contribution in [3.63, 3.8) is 0 Å². The van der Waals surface area contributed by atoms with Crippen LogP contribution in [0.5, 0.6) is 0 Å². The first kappa shape index (κ1) is 14.1. The SMILES string of the molecule is CCCCC(Sc1ccccc1C)C(=O)OC. The normalized spacial score (nSPS) is 12.2. The number of ether oxygens (including phenoxy) is 1. The fraction of sp³-hybridized carbons (Fsp3) is 0.500. The Bertz CT molecular complexity index is 363. The number of hydrogen-bond acceptors (Lipinski definition) is 3. The number of unbranched alkanes of at least 4 members (excludes halogenated alkanes) is 1. The second-order valence-electron chi connectivity index (χ2n) is 4.04. The van der Waals surface area contributed by atoms with Crippen LogP contribution in [0.4, 0.5) is 0 Å². The largest absolute Gasteiger partial charge is 0.468 e. The van der Waals surface area contributed by atoms with Gasteiger partial charge in [0.05, 0.1) is 7.11 Å². The average Bonchev–Trinajstić information content (AvgIpc) is 2.35. The highest BCUT2D eigenvalue weighted by Crippen LogP contribution is 2.29. The quantitative estimate of drug-likeness (QED) is 0.568. The van der Waals surface area contributed by atoms with Crippen LogP contribution in [0.1, 0.15) is 31.7 Å². The third-order valence-corrected chi connectivity index (χ3v) is 4.07. The summed E-state index contributed by atoms with van der Waals surface area (Å²) in [6, 6.07) is 8.14. The number of rotatable bonds is 6. The lowest BCUT2D eigenvalue weighted by Gasteiger charge is -2.15. The van der Waals surface area contributed by atoms with Gasteiger partial charge in [-0.1, -0.05) is 38.0 Å². The summed E-state index contributed by atoms with van der Waals surface area (Å²) in [6.45, 7) is 4.20. The number of methoxy groups -OCH3 is 1. The minimum atomic E-state index is -0.119. The van der Waals surface area contributed by atoms with Crippen molar-refractivity contribution in [2.75, 3.05) is 7.11 Å². The molecular weight excluding hydrogens is 232 g/mol. The Kier molecular flexibility index (Phi) is 6.12. The van der Waals surface area contributed by atoms with Crippen molar-refractivity contribution in [2.45, 2.75) is 43.3 Å². The summed E-state index contributed by atoms with van der Waals surface area (Å²) in [4.78, 5) is 12.9. The molecule has 0 N–H and O–H groups in total. The van der Waals surface area contributed by atoms with Gasteiger partial charge in [0.1, 0.15) is 5.25 Å². The molecule has 2 nitrogen and oxygen atoms in total. The molecule has 94 valence electrons. The Morgan fingerprint density at radius 3 is 2.71 bits per heavy atom. The van der Waals surface area contributed by atoms with Crippen LogP contribution in [0.25, 0.3) is 0 Å². The molecule has 1 atom stereocenters. The van der Waals surface area contributed by atoms with E-state index < -0.39 is 0 Å². The average molecular weight is 252 g/mol. The van der Waals surface area contributed by atoms with Gasteiger partial charge in [-0.2, -0.15) is 0 Å². The summed E-state index contributed by atoms with van der Waals surface area (Å²) in [7, 11) is 1.46. The third-order valence-electron chi connectivity index (χ3n) is 2.65. The first-order valence-electron chi connectivity index (χ1n) is 5.99. The Morgan fingerprint density at radius 1 is 1.41 bits per heavy atom. The van der Waals surface area contributed by atoms with Crippen LogP contribution >= 0.6 is 11.8 Å². The Labute approximate surface area is 108 Å². The van der Waals surface area contributed by atoms with Crippen LogP contribution in [0, 0.1) is 6.92 Å². The van der Waals surface area contributed by atoms with Gasteiger partial charge in [-0.25, -0.2) is 0 Å². The number of carbonyl (C=O) groups is 1. The van der Waals surface area contributed by atoms with Crippen molar-refractivity contribution < 1.29 is 9.53 Å². The highest BCUT2D eigenvalue weighted by molar-refractivity contribution is 8.00. The molecule has 0 spiro atoms. The van der Waals surface area contributed by atoms with E-state index in [9.17, 15) is 4.79 Å². The standard InChI is InChI=1S/C14H20O2S/c1-4-5-9-13(14(15)16-3)17-12-10-7-6-8-11(12)2/h6-8,10,13H,4-5,9H2,1-3H3. The van der Waals surface area contributed by atoms with Crippen LogP contribution in [0.2, 0.25) is 0 Å². The molecule has 3 heteroatoms. The Hall–Kier alpha value is -0.960. The zero-order valence-electron chi connectivity index (χ0n) is 10.7. The predicted molar refractivity (Wildman–Crippen MR) is 72.4 cm³/mol. The lowest BCUT2D eigenvalue weighted by Crippen LogP contribution is -2.18. The molecule has 1 aromatic rings. The minimum Gasteiger partial charge on any atom is -0.468 e. The van der Waals surface area contributed by atoms with Gasteiger partial charge in [0.15, 0.2) is 0 Å². The highest BCUT2D eigenvalue weighted by atomic mass is 32.2. The van der Waals surface area contributed by atoms with E-state index in [-0.39, 0.29) is 11.2 Å². The fourth-order valence-corrected chi connectivity index (χ4v) is 2.78. The monoisotopic (exact) mass is 252 g/mol. The van der Waals surface area contributed by atoms with E-state index in [0.29, 0.717) is 0 Å². The molecule has 1 unspecified atom stereocenters. The van der Waals surface area contributed by atoms with Crippen molar-refractivity contribution in [2.24, 2.45) is 0 Å². The smallest absolute Gasteiger partial charge is 0.319 e. The van der Waals surface area contributed by atoms with Crippen molar-refractivity contribution in [1.29, 1.82) is 0 Å². The summed E-state index contributed by atoms with van der Waals surface area (Å²) in [5.41, 5.74) is 1.21. The fourth-order valence-electron chi connectivity index (χ4n) is 1.59. The van der Waals surface area contributed by atoms with E-state index in [4.69, 9.17) is 4.74 Å². The van der Waals surface area contributed by atoms with Crippen LogP contribution in [-0.4, -0.2) is 18.3 Å². The van der Waals surface area contributed by atoms with Crippen molar-refractivity contribution in [3.8, 4) is 0 Å². The topological polar surface area (TPSA) is 26.3 Å². The lowest BCUT2D eigenvalue weighted by molar-refractivity contribution is -0.140. The van der Waals surface area contributed by atoms with Crippen molar-refractivity contribution in [1.82, 2.24) is 0 Å². The number of carbonyl (C=O) groups excluding carboxylic acids is 1. The Balaban J connectivity index is 2.72. The molecule has 1 aromatic carbocycles. The van der Waals surface area contributed by atoms with Crippen molar-refractivity contribution in [3.05, 3.63) is 29.8 Å². The number of benzene rings is 1. The van der Waals surface area contributed by atoms with Gasteiger partial charge in [0.25, 0.3) is 0 Å². The number of aryl methyl sites for hydroxylation is 1. The highest BCUT2D eigenvalue weighted by Gasteiger charge is 2.20.